The van der Waals surface area contributed by atoms with Crippen LogP contribution >= 0.6 is 0 Å². The topological polar surface area (TPSA) is 95.2 Å². The number of nitrogens with two attached hydrogens (primary N) is 1. The van der Waals surface area contributed by atoms with Crippen molar-refractivity contribution in [1.29, 1.82) is 0 Å². The fraction of sp³-hybridized carbons (Fsp3) is 0. The number of nitrogens with zero attached hydrogens (tertiary/aromatic N) is 2. The third-order valence-corrected chi connectivity index (χ3v) is 2.31. The van der Waals surface area contributed by atoms with Gasteiger partial charge in [-0.25, -0.2) is 4.98 Å². The number of aromatic nitrogens is 1. The van der Waals surface area contributed by atoms with E-state index in [-0.39, 0.29) is 5.88 Å². The SMILES string of the molecule is Nc1ccc2ccccc2n1.O=[N+]([O-])c1ccco1. The van der Waals surface area contributed by atoms with Crippen LogP contribution in [0.1, 0.15) is 0 Å². The number of nitrogen functional groups attached to an aromatic ring is 1. The van der Waals surface area contributed by atoms with Gasteiger partial charge in [0.15, 0.2) is 0 Å². The Morgan fingerprint density at radius 3 is 2.53 bits per heavy atom. The zero-order valence-corrected chi connectivity index (χ0v) is 9.89. The average molecular weight is 257 g/mol. The lowest BCUT2D eigenvalue weighted by atomic mass is 10.2. The lowest BCUT2D eigenvalue weighted by molar-refractivity contribution is -0.402. The highest BCUT2D eigenvalue weighted by Crippen LogP contribution is 2.11. The number of pyridine rings is 1. The van der Waals surface area contributed by atoms with E-state index in [1.807, 2.05) is 36.4 Å². The zero-order valence-electron chi connectivity index (χ0n) is 9.89. The van der Waals surface area contributed by atoms with E-state index in [9.17, 15) is 10.1 Å². The summed E-state index contributed by atoms with van der Waals surface area (Å²) in [5.74, 6) is 0.355. The van der Waals surface area contributed by atoms with Gasteiger partial charge in [0.2, 0.25) is 0 Å². The molecule has 0 saturated carbocycles. The quantitative estimate of drug-likeness (QED) is 0.534. The summed E-state index contributed by atoms with van der Waals surface area (Å²) in [6.07, 6.45) is 1.26. The normalized spacial score (nSPS) is 9.68. The third kappa shape index (κ3) is 3.29. The van der Waals surface area contributed by atoms with Gasteiger partial charge in [-0.3, -0.25) is 10.1 Å². The molecule has 0 amide bonds. The Labute approximate surface area is 108 Å². The van der Waals surface area contributed by atoms with E-state index in [0.29, 0.717) is 5.82 Å². The summed E-state index contributed by atoms with van der Waals surface area (Å²) in [7, 11) is 0. The zero-order chi connectivity index (χ0) is 13.7. The lowest BCUT2D eigenvalue weighted by Crippen LogP contribution is -1.88. The molecule has 0 atom stereocenters. The monoisotopic (exact) mass is 257 g/mol. The molecule has 0 aliphatic rings. The van der Waals surface area contributed by atoms with Crippen LogP contribution in [0.5, 0.6) is 0 Å². The second-order valence-corrected chi connectivity index (χ2v) is 3.64. The predicted molar refractivity (Wildman–Crippen MR) is 71.5 cm³/mol. The van der Waals surface area contributed by atoms with Gasteiger partial charge in [-0.15, -0.1) is 0 Å². The molecule has 6 nitrogen and oxygen atoms in total. The largest absolute Gasteiger partial charge is 0.432 e. The second-order valence-electron chi connectivity index (χ2n) is 3.64. The van der Waals surface area contributed by atoms with E-state index in [4.69, 9.17) is 5.73 Å². The highest BCUT2D eigenvalue weighted by molar-refractivity contribution is 5.79. The van der Waals surface area contributed by atoms with Crippen LogP contribution in [-0.2, 0) is 0 Å². The molecule has 0 fully saturated rings. The Hall–Kier alpha value is -2.89. The highest BCUT2D eigenvalue weighted by Gasteiger charge is 2.04. The van der Waals surface area contributed by atoms with Crippen LogP contribution in [0.3, 0.4) is 0 Å². The first kappa shape index (κ1) is 12.6. The maximum Gasteiger partial charge on any atom is 0.432 e. The molecular formula is C13H11N3O3. The molecule has 6 heteroatoms. The van der Waals surface area contributed by atoms with Crippen molar-refractivity contribution in [2.24, 2.45) is 0 Å². The van der Waals surface area contributed by atoms with Crippen molar-refractivity contribution in [2.75, 3.05) is 5.73 Å². The van der Waals surface area contributed by atoms with Crippen molar-refractivity contribution in [2.45, 2.75) is 0 Å². The van der Waals surface area contributed by atoms with Gasteiger partial charge in [0.1, 0.15) is 10.7 Å². The Bertz CT molecular complexity index is 680. The first-order valence-electron chi connectivity index (χ1n) is 5.46. The molecule has 0 aliphatic carbocycles. The molecule has 0 aliphatic heterocycles. The van der Waals surface area contributed by atoms with Crippen molar-refractivity contribution in [1.82, 2.24) is 4.98 Å². The summed E-state index contributed by atoms with van der Waals surface area (Å²) in [6.45, 7) is 0. The summed E-state index contributed by atoms with van der Waals surface area (Å²) in [4.78, 5) is 13.3. The van der Waals surface area contributed by atoms with Gasteiger partial charge in [0, 0.05) is 5.39 Å². The van der Waals surface area contributed by atoms with Gasteiger partial charge in [-0.05, 0) is 24.3 Å². The van der Waals surface area contributed by atoms with E-state index in [1.54, 1.807) is 0 Å². The summed E-state index contributed by atoms with van der Waals surface area (Å²) >= 11 is 0. The van der Waals surface area contributed by atoms with Crippen LogP contribution < -0.4 is 5.73 Å². The molecule has 3 aromatic rings. The first-order chi connectivity index (χ1) is 9.16. The fourth-order valence-corrected chi connectivity index (χ4v) is 1.46. The summed E-state index contributed by atoms with van der Waals surface area (Å²) in [6, 6.07) is 14.4. The third-order valence-electron chi connectivity index (χ3n) is 2.31. The number of hydrogen-bond donors (Lipinski definition) is 1. The molecule has 2 aromatic heterocycles. The van der Waals surface area contributed by atoms with Gasteiger partial charge >= 0.3 is 5.88 Å². The molecular weight excluding hydrogens is 246 g/mol. The van der Waals surface area contributed by atoms with Crippen LogP contribution in [-0.4, -0.2) is 9.91 Å². The van der Waals surface area contributed by atoms with Crippen molar-refractivity contribution in [3.63, 3.8) is 0 Å². The molecule has 0 unspecified atom stereocenters. The number of benzene rings is 1. The molecule has 96 valence electrons. The van der Waals surface area contributed by atoms with Gasteiger partial charge in [0.25, 0.3) is 0 Å². The van der Waals surface area contributed by atoms with Crippen molar-refractivity contribution >= 4 is 22.6 Å². The average Bonchev–Trinajstić information content (AvgIpc) is 2.93. The molecule has 19 heavy (non-hydrogen) atoms. The highest BCUT2D eigenvalue weighted by atomic mass is 16.6. The number of para-hydroxylation sites is 1. The smallest absolute Gasteiger partial charge is 0.409 e. The summed E-state index contributed by atoms with van der Waals surface area (Å²) in [5.41, 5.74) is 6.46. The molecule has 2 N–H and O–H groups in total. The number of fused-ring (bicyclic) bond motifs is 1. The second kappa shape index (κ2) is 5.63. The minimum absolute atomic E-state index is 0.218. The van der Waals surface area contributed by atoms with Gasteiger partial charge in [0.05, 0.1) is 17.8 Å². The van der Waals surface area contributed by atoms with Crippen LogP contribution in [0.4, 0.5) is 11.7 Å². The molecule has 0 radical (unpaired) electrons. The lowest BCUT2D eigenvalue weighted by Gasteiger charge is -1.95. The van der Waals surface area contributed by atoms with Crippen LogP contribution in [0.25, 0.3) is 10.9 Å². The van der Waals surface area contributed by atoms with Crippen LogP contribution in [0, 0.1) is 10.1 Å². The number of hydrogen-bond acceptors (Lipinski definition) is 5. The maximum absolute atomic E-state index is 9.77. The Balaban J connectivity index is 0.000000148. The number of anilines is 1. The minimum Gasteiger partial charge on any atom is -0.409 e. The minimum atomic E-state index is -0.583. The maximum atomic E-state index is 9.77. The molecule has 0 saturated heterocycles. The summed E-state index contributed by atoms with van der Waals surface area (Å²) < 4.78 is 4.40. The van der Waals surface area contributed by atoms with Crippen LogP contribution in [0.2, 0.25) is 0 Å². The van der Waals surface area contributed by atoms with E-state index in [2.05, 4.69) is 9.40 Å². The standard InChI is InChI=1S/C9H8N2.C4H3NO3/c10-9-6-5-7-3-1-2-4-8(7)11-9;6-5(7)4-2-1-3-8-4/h1-6H,(H2,10,11);1-3H. The van der Waals surface area contributed by atoms with E-state index in [1.165, 1.54) is 18.4 Å². The van der Waals surface area contributed by atoms with E-state index in [0.717, 1.165) is 10.9 Å². The van der Waals surface area contributed by atoms with Crippen molar-refractivity contribution < 1.29 is 9.34 Å². The Morgan fingerprint density at radius 1 is 1.11 bits per heavy atom. The van der Waals surface area contributed by atoms with E-state index < -0.39 is 4.92 Å². The van der Waals surface area contributed by atoms with Gasteiger partial charge < -0.3 is 10.2 Å². The number of nitro groups is 1. The predicted octanol–water partition coefficient (Wildman–Crippen LogP) is 3.00. The summed E-state index contributed by atoms with van der Waals surface area (Å²) in [5, 5.41) is 10.9. The molecule has 1 aromatic carbocycles. The van der Waals surface area contributed by atoms with Crippen molar-refractivity contribution in [3.8, 4) is 0 Å². The van der Waals surface area contributed by atoms with Crippen molar-refractivity contribution in [3.05, 3.63) is 64.9 Å². The molecule has 3 rings (SSSR count). The number of furan rings is 1. The molecule has 0 bridgehead atoms. The van der Waals surface area contributed by atoms with Gasteiger partial charge in [-0.2, -0.15) is 0 Å². The molecule has 0 spiro atoms. The fourth-order valence-electron chi connectivity index (χ4n) is 1.46. The number of rotatable bonds is 1. The van der Waals surface area contributed by atoms with Gasteiger partial charge in [-0.1, -0.05) is 18.2 Å². The van der Waals surface area contributed by atoms with E-state index >= 15 is 0 Å². The Kier molecular flexibility index (Phi) is 3.72. The Morgan fingerprint density at radius 2 is 1.89 bits per heavy atom. The van der Waals surface area contributed by atoms with Crippen LogP contribution in [0.15, 0.2) is 59.2 Å². The molecule has 2 heterocycles. The first-order valence-corrected chi connectivity index (χ1v) is 5.46.